The Morgan fingerprint density at radius 2 is 1.70 bits per heavy atom. The summed E-state index contributed by atoms with van der Waals surface area (Å²) in [5.74, 6) is -1.000. The average molecular weight is 542 g/mol. The van der Waals surface area contributed by atoms with E-state index in [0.717, 1.165) is 29.8 Å². The average Bonchev–Trinajstić information content (AvgIpc) is 3.28. The van der Waals surface area contributed by atoms with E-state index < -0.39 is 5.97 Å². The minimum Gasteiger partial charge on any atom is -0.466 e. The van der Waals surface area contributed by atoms with Gasteiger partial charge in [-0.2, -0.15) is 0 Å². The van der Waals surface area contributed by atoms with Gasteiger partial charge in [0.25, 0.3) is 5.91 Å². The van der Waals surface area contributed by atoms with Gasteiger partial charge in [-0.15, -0.1) is 0 Å². The van der Waals surface area contributed by atoms with Gasteiger partial charge in [0.2, 0.25) is 0 Å². The van der Waals surface area contributed by atoms with Crippen LogP contribution in [-0.2, 0) is 31.9 Å². The van der Waals surface area contributed by atoms with E-state index in [4.69, 9.17) is 9.47 Å². The second-order valence-electron chi connectivity index (χ2n) is 9.84. The van der Waals surface area contributed by atoms with Crippen LogP contribution in [0.3, 0.4) is 0 Å². The van der Waals surface area contributed by atoms with E-state index in [0.29, 0.717) is 41.1 Å². The number of hydrogen-bond donors (Lipinski definition) is 2. The van der Waals surface area contributed by atoms with Crippen LogP contribution in [0.2, 0.25) is 0 Å². The van der Waals surface area contributed by atoms with Crippen LogP contribution in [0, 0.1) is 0 Å². The molecule has 40 heavy (non-hydrogen) atoms. The minimum absolute atomic E-state index is 0.246. The summed E-state index contributed by atoms with van der Waals surface area (Å²) in [5.41, 5.74) is 6.46. The van der Waals surface area contributed by atoms with Crippen molar-refractivity contribution < 1.29 is 23.9 Å². The fourth-order valence-electron chi connectivity index (χ4n) is 4.56. The molecule has 1 heterocycles. The first kappa shape index (κ1) is 28.6. The Morgan fingerprint density at radius 3 is 2.40 bits per heavy atom. The first-order valence-electron chi connectivity index (χ1n) is 13.3. The van der Waals surface area contributed by atoms with Crippen LogP contribution in [0.5, 0.6) is 0 Å². The SMILES string of the molecule is CCOC(=O)CCc1cccc(C(Nc2ccc(CCN(C)C)cc2)=C2C(=O)Nc3cc(C(=O)OC)ccc32)c1. The first-order valence-corrected chi connectivity index (χ1v) is 13.3. The molecule has 0 saturated heterocycles. The topological polar surface area (TPSA) is 97.0 Å². The summed E-state index contributed by atoms with van der Waals surface area (Å²) < 4.78 is 9.92. The molecule has 208 valence electrons. The number of carbonyl (C=O) groups is 3. The van der Waals surface area contributed by atoms with Gasteiger partial charge >= 0.3 is 11.9 Å². The lowest BCUT2D eigenvalue weighted by Gasteiger charge is -2.16. The third-order valence-corrected chi connectivity index (χ3v) is 6.65. The number of fused-ring (bicyclic) bond motifs is 1. The Morgan fingerprint density at radius 1 is 0.925 bits per heavy atom. The number of aryl methyl sites for hydroxylation is 1. The number of amides is 1. The molecule has 1 aliphatic heterocycles. The van der Waals surface area contributed by atoms with E-state index in [1.54, 1.807) is 25.1 Å². The molecular weight excluding hydrogens is 506 g/mol. The van der Waals surface area contributed by atoms with Gasteiger partial charge in [-0.1, -0.05) is 36.4 Å². The van der Waals surface area contributed by atoms with E-state index in [-0.39, 0.29) is 18.3 Å². The first-order chi connectivity index (χ1) is 19.3. The Balaban J connectivity index is 1.74. The molecule has 0 radical (unpaired) electrons. The standard InChI is InChI=1S/C32H35N3O5/c1-5-40-28(36)16-11-22-7-6-8-23(19-22)30(33-25-13-9-21(10-14-25)17-18-35(2)3)29-26-15-12-24(32(38)39-4)20-27(26)34-31(29)37/h6-10,12-15,19-20,33H,5,11,16-18H2,1-4H3,(H,34,37). The minimum atomic E-state index is -0.475. The molecule has 8 heteroatoms. The molecule has 1 amide bonds. The number of ether oxygens (including phenoxy) is 2. The number of hydrogen-bond acceptors (Lipinski definition) is 7. The van der Waals surface area contributed by atoms with Crippen molar-refractivity contribution in [1.82, 2.24) is 4.90 Å². The zero-order chi connectivity index (χ0) is 28.6. The summed E-state index contributed by atoms with van der Waals surface area (Å²) in [6.07, 6.45) is 1.72. The van der Waals surface area contributed by atoms with Crippen molar-refractivity contribution in [3.8, 4) is 0 Å². The van der Waals surface area contributed by atoms with Crippen LogP contribution >= 0.6 is 0 Å². The molecular formula is C32H35N3O5. The lowest BCUT2D eigenvalue weighted by Crippen LogP contribution is -2.15. The van der Waals surface area contributed by atoms with Crippen molar-refractivity contribution in [3.63, 3.8) is 0 Å². The van der Waals surface area contributed by atoms with Crippen molar-refractivity contribution in [1.29, 1.82) is 0 Å². The van der Waals surface area contributed by atoms with Gasteiger partial charge in [-0.3, -0.25) is 9.59 Å². The lowest BCUT2D eigenvalue weighted by atomic mass is 9.97. The van der Waals surface area contributed by atoms with Gasteiger partial charge in [0.1, 0.15) is 0 Å². The highest BCUT2D eigenvalue weighted by Crippen LogP contribution is 2.38. The number of likely N-dealkylation sites (N-methyl/N-ethyl adjacent to an activating group) is 1. The second-order valence-corrected chi connectivity index (χ2v) is 9.84. The van der Waals surface area contributed by atoms with Crippen molar-refractivity contribution in [3.05, 3.63) is 94.5 Å². The zero-order valence-electron chi connectivity index (χ0n) is 23.4. The van der Waals surface area contributed by atoms with Crippen molar-refractivity contribution in [2.24, 2.45) is 0 Å². The Labute approximate surface area is 235 Å². The number of nitrogens with zero attached hydrogens (tertiary/aromatic N) is 1. The highest BCUT2D eigenvalue weighted by Gasteiger charge is 2.29. The Bertz CT molecular complexity index is 1430. The predicted molar refractivity (Wildman–Crippen MR) is 157 cm³/mol. The van der Waals surface area contributed by atoms with Crippen LogP contribution < -0.4 is 10.6 Å². The molecule has 0 atom stereocenters. The summed E-state index contributed by atoms with van der Waals surface area (Å²) in [6.45, 7) is 3.08. The molecule has 3 aromatic rings. The van der Waals surface area contributed by atoms with Gasteiger partial charge in [-0.05, 0) is 80.9 Å². The molecule has 2 N–H and O–H groups in total. The molecule has 8 nitrogen and oxygen atoms in total. The maximum absolute atomic E-state index is 13.4. The number of nitrogens with one attached hydrogen (secondary N) is 2. The van der Waals surface area contributed by atoms with Gasteiger partial charge in [-0.25, -0.2) is 4.79 Å². The van der Waals surface area contributed by atoms with Crippen molar-refractivity contribution >= 4 is 40.5 Å². The summed E-state index contributed by atoms with van der Waals surface area (Å²) in [7, 11) is 5.42. The number of carbonyl (C=O) groups excluding carboxylic acids is 3. The van der Waals surface area contributed by atoms with Crippen LogP contribution in [0.1, 0.15) is 46.0 Å². The summed E-state index contributed by atoms with van der Waals surface area (Å²) in [6, 6.07) is 21.0. The predicted octanol–water partition coefficient (Wildman–Crippen LogP) is 5.01. The van der Waals surface area contributed by atoms with Gasteiger partial charge in [0.05, 0.1) is 36.2 Å². The van der Waals surface area contributed by atoms with E-state index in [1.807, 2.05) is 50.5 Å². The zero-order valence-corrected chi connectivity index (χ0v) is 23.4. The van der Waals surface area contributed by atoms with Crippen LogP contribution in [-0.4, -0.2) is 57.1 Å². The van der Waals surface area contributed by atoms with Crippen molar-refractivity contribution in [2.75, 3.05) is 45.0 Å². The highest BCUT2D eigenvalue weighted by molar-refractivity contribution is 6.37. The van der Waals surface area contributed by atoms with E-state index in [1.165, 1.54) is 12.7 Å². The van der Waals surface area contributed by atoms with Gasteiger partial charge < -0.3 is 25.0 Å². The second kappa shape index (κ2) is 13.1. The molecule has 0 saturated carbocycles. The number of anilines is 2. The van der Waals surface area contributed by atoms with E-state index >= 15 is 0 Å². The summed E-state index contributed by atoms with van der Waals surface area (Å²) >= 11 is 0. The van der Waals surface area contributed by atoms with E-state index in [9.17, 15) is 14.4 Å². The normalized spacial score (nSPS) is 13.5. The monoisotopic (exact) mass is 541 g/mol. The number of esters is 2. The molecule has 0 aliphatic carbocycles. The van der Waals surface area contributed by atoms with Crippen LogP contribution in [0.15, 0.2) is 66.7 Å². The maximum Gasteiger partial charge on any atom is 0.337 e. The lowest BCUT2D eigenvalue weighted by molar-refractivity contribution is -0.143. The number of rotatable bonds is 11. The number of benzene rings is 3. The third kappa shape index (κ3) is 6.95. The van der Waals surface area contributed by atoms with Crippen LogP contribution in [0.4, 0.5) is 11.4 Å². The molecule has 0 aromatic heterocycles. The number of methoxy groups -OCH3 is 1. The summed E-state index contributed by atoms with van der Waals surface area (Å²) in [4.78, 5) is 39.5. The highest BCUT2D eigenvalue weighted by atomic mass is 16.5. The molecule has 0 unspecified atom stereocenters. The Hall–Kier alpha value is -4.43. The smallest absolute Gasteiger partial charge is 0.337 e. The fraction of sp³-hybridized carbons (Fsp3) is 0.281. The molecule has 0 spiro atoms. The summed E-state index contributed by atoms with van der Waals surface area (Å²) in [5, 5.41) is 6.38. The molecule has 0 bridgehead atoms. The molecule has 0 fully saturated rings. The largest absolute Gasteiger partial charge is 0.466 e. The maximum atomic E-state index is 13.4. The Kier molecular flexibility index (Phi) is 9.35. The molecule has 1 aliphatic rings. The molecule has 4 rings (SSSR count). The van der Waals surface area contributed by atoms with Crippen LogP contribution in [0.25, 0.3) is 11.3 Å². The quantitative estimate of drug-likeness (QED) is 0.260. The van der Waals surface area contributed by atoms with Gasteiger partial charge in [0.15, 0.2) is 0 Å². The fourth-order valence-corrected chi connectivity index (χ4v) is 4.56. The third-order valence-electron chi connectivity index (χ3n) is 6.65. The molecule has 3 aromatic carbocycles. The van der Waals surface area contributed by atoms with Gasteiger partial charge in [0, 0.05) is 24.2 Å². The van der Waals surface area contributed by atoms with E-state index in [2.05, 4.69) is 27.7 Å². The van der Waals surface area contributed by atoms with Crippen molar-refractivity contribution in [2.45, 2.75) is 26.2 Å².